The maximum Gasteiger partial charge on any atom is 0.158 e. The minimum Gasteiger partial charge on any atom is -0.308 e. The molecule has 0 spiro atoms. The molecule has 0 bridgehead atoms. The quantitative estimate of drug-likeness (QED) is 0.757. The Bertz CT molecular complexity index is 588. The van der Waals surface area contributed by atoms with Crippen molar-refractivity contribution in [3.63, 3.8) is 0 Å². The summed E-state index contributed by atoms with van der Waals surface area (Å²) in [7, 11) is 1.99. The van der Waals surface area contributed by atoms with Crippen LogP contribution in [0.5, 0.6) is 0 Å². The van der Waals surface area contributed by atoms with Gasteiger partial charge in [0.1, 0.15) is 11.3 Å². The Morgan fingerprint density at radius 3 is 2.55 bits per heavy atom. The number of fused-ring (bicyclic) bond motifs is 1. The number of thioether (sulfide) groups is 1. The molecular formula is C14H23ClN4S. The van der Waals surface area contributed by atoms with Gasteiger partial charge in [0.15, 0.2) is 5.65 Å². The second kappa shape index (κ2) is 6.39. The molecule has 2 aromatic heterocycles. The fourth-order valence-corrected chi connectivity index (χ4v) is 3.42. The van der Waals surface area contributed by atoms with E-state index in [1.807, 2.05) is 30.4 Å². The number of hydrogen-bond acceptors (Lipinski definition) is 3. The van der Waals surface area contributed by atoms with Gasteiger partial charge in [-0.15, -0.1) is 11.6 Å². The number of hydrogen-bond donors (Lipinski definition) is 0. The van der Waals surface area contributed by atoms with Crippen LogP contribution in [0.25, 0.3) is 11.2 Å². The van der Waals surface area contributed by atoms with Crippen LogP contribution in [-0.2, 0) is 13.5 Å². The van der Waals surface area contributed by atoms with Crippen LogP contribution in [0, 0.1) is 0 Å². The van der Waals surface area contributed by atoms with Crippen LogP contribution in [-0.4, -0.2) is 30.8 Å². The molecule has 20 heavy (non-hydrogen) atoms. The van der Waals surface area contributed by atoms with Crippen LogP contribution >= 0.6 is 23.4 Å². The van der Waals surface area contributed by atoms with Gasteiger partial charge in [-0.25, -0.2) is 4.98 Å². The molecule has 2 rings (SSSR count). The van der Waals surface area contributed by atoms with Crippen molar-refractivity contribution in [2.45, 2.75) is 45.5 Å². The average molecular weight is 315 g/mol. The Morgan fingerprint density at radius 1 is 1.30 bits per heavy atom. The first-order valence-electron chi connectivity index (χ1n) is 7.16. The molecule has 2 atom stereocenters. The average Bonchev–Trinajstić information content (AvgIpc) is 2.94. The van der Waals surface area contributed by atoms with Crippen molar-refractivity contribution in [1.29, 1.82) is 0 Å². The standard InChI is InChI=1S/C14H23ClN4S/c1-6-11-12-14(18(5)17-11)19(9(3)8-20-7-2)13(16-12)10(4)15/h9-10H,6-8H2,1-5H3. The van der Waals surface area contributed by atoms with E-state index in [1.54, 1.807) is 0 Å². The lowest BCUT2D eigenvalue weighted by Crippen LogP contribution is -2.14. The third-order valence-corrected chi connectivity index (χ3v) is 4.78. The summed E-state index contributed by atoms with van der Waals surface area (Å²) >= 11 is 8.28. The maximum absolute atomic E-state index is 6.34. The zero-order valence-electron chi connectivity index (χ0n) is 12.9. The summed E-state index contributed by atoms with van der Waals surface area (Å²) in [4.78, 5) is 4.77. The van der Waals surface area contributed by atoms with Gasteiger partial charge in [-0.2, -0.15) is 16.9 Å². The van der Waals surface area contributed by atoms with Crippen LogP contribution in [0.3, 0.4) is 0 Å². The zero-order chi connectivity index (χ0) is 14.9. The Morgan fingerprint density at radius 2 is 2.00 bits per heavy atom. The van der Waals surface area contributed by atoms with E-state index in [4.69, 9.17) is 16.6 Å². The predicted molar refractivity (Wildman–Crippen MR) is 87.9 cm³/mol. The lowest BCUT2D eigenvalue weighted by molar-refractivity contribution is 0.572. The fraction of sp³-hybridized carbons (Fsp3) is 0.714. The maximum atomic E-state index is 6.34. The van der Waals surface area contributed by atoms with Gasteiger partial charge in [0, 0.05) is 18.8 Å². The van der Waals surface area contributed by atoms with Gasteiger partial charge in [0.05, 0.1) is 11.1 Å². The SMILES string of the molecule is CCSCC(C)n1c(C(C)Cl)nc2c(CC)nn(C)c21. The van der Waals surface area contributed by atoms with Crippen LogP contribution in [0.15, 0.2) is 0 Å². The Kier molecular flexibility index (Phi) is 5.02. The molecule has 6 heteroatoms. The fourth-order valence-electron chi connectivity index (χ4n) is 2.54. The summed E-state index contributed by atoms with van der Waals surface area (Å²) in [5.74, 6) is 3.14. The van der Waals surface area contributed by atoms with Gasteiger partial charge >= 0.3 is 0 Å². The molecule has 0 saturated carbocycles. The molecule has 0 aromatic carbocycles. The highest BCUT2D eigenvalue weighted by atomic mass is 35.5. The van der Waals surface area contributed by atoms with E-state index in [1.165, 1.54) is 0 Å². The molecule has 0 amide bonds. The van der Waals surface area contributed by atoms with Crippen molar-refractivity contribution in [2.24, 2.45) is 7.05 Å². The molecular weight excluding hydrogens is 292 g/mol. The molecule has 112 valence electrons. The lowest BCUT2D eigenvalue weighted by Gasteiger charge is -2.18. The highest BCUT2D eigenvalue weighted by Gasteiger charge is 2.23. The molecule has 0 radical (unpaired) electrons. The summed E-state index contributed by atoms with van der Waals surface area (Å²) in [6, 6.07) is 0.362. The van der Waals surface area contributed by atoms with Crippen molar-refractivity contribution in [3.05, 3.63) is 11.5 Å². The number of nitrogens with zero attached hydrogens (tertiary/aromatic N) is 4. The topological polar surface area (TPSA) is 35.6 Å². The molecule has 2 aromatic rings. The highest BCUT2D eigenvalue weighted by Crippen LogP contribution is 2.30. The van der Waals surface area contributed by atoms with E-state index in [0.29, 0.717) is 6.04 Å². The van der Waals surface area contributed by atoms with Crippen LogP contribution in [0.1, 0.15) is 50.6 Å². The summed E-state index contributed by atoms with van der Waals surface area (Å²) in [5, 5.41) is 4.48. The zero-order valence-corrected chi connectivity index (χ0v) is 14.4. The Hall–Kier alpha value is -0.680. The van der Waals surface area contributed by atoms with Crippen molar-refractivity contribution in [1.82, 2.24) is 19.3 Å². The summed E-state index contributed by atoms with van der Waals surface area (Å²) in [6.45, 7) is 8.51. The summed E-state index contributed by atoms with van der Waals surface area (Å²) < 4.78 is 4.21. The van der Waals surface area contributed by atoms with E-state index >= 15 is 0 Å². The van der Waals surface area contributed by atoms with Crippen molar-refractivity contribution in [3.8, 4) is 0 Å². The number of imidazole rings is 1. The number of rotatable bonds is 6. The van der Waals surface area contributed by atoms with E-state index in [9.17, 15) is 0 Å². The van der Waals surface area contributed by atoms with Crippen molar-refractivity contribution >= 4 is 34.5 Å². The number of alkyl halides is 1. The van der Waals surface area contributed by atoms with E-state index in [0.717, 1.165) is 40.6 Å². The Balaban J connectivity index is 2.59. The molecule has 2 heterocycles. The normalized spacial score (nSPS) is 14.9. The van der Waals surface area contributed by atoms with Gasteiger partial charge < -0.3 is 4.57 Å². The van der Waals surface area contributed by atoms with Crippen LogP contribution in [0.2, 0.25) is 0 Å². The number of halogens is 1. The first-order chi connectivity index (χ1) is 9.51. The lowest BCUT2D eigenvalue weighted by atomic mass is 10.3. The third kappa shape index (κ3) is 2.70. The number of aryl methyl sites for hydroxylation is 2. The molecule has 0 aliphatic heterocycles. The van der Waals surface area contributed by atoms with Crippen LogP contribution in [0.4, 0.5) is 0 Å². The van der Waals surface area contributed by atoms with Gasteiger partial charge in [0.2, 0.25) is 0 Å². The monoisotopic (exact) mass is 314 g/mol. The highest BCUT2D eigenvalue weighted by molar-refractivity contribution is 7.99. The van der Waals surface area contributed by atoms with E-state index < -0.39 is 0 Å². The molecule has 0 fully saturated rings. The Labute approximate surface area is 129 Å². The smallest absolute Gasteiger partial charge is 0.158 e. The molecule has 0 saturated heterocycles. The second-order valence-corrected chi connectivity index (χ2v) is 7.03. The molecule has 0 aliphatic rings. The first kappa shape index (κ1) is 15.7. The molecule has 2 unspecified atom stereocenters. The predicted octanol–water partition coefficient (Wildman–Crippen LogP) is 3.95. The van der Waals surface area contributed by atoms with Gasteiger partial charge in [-0.05, 0) is 26.0 Å². The molecule has 4 nitrogen and oxygen atoms in total. The van der Waals surface area contributed by atoms with Crippen LogP contribution < -0.4 is 0 Å². The van der Waals surface area contributed by atoms with E-state index in [-0.39, 0.29) is 5.38 Å². The molecule has 0 aliphatic carbocycles. The van der Waals surface area contributed by atoms with Gasteiger partial charge in [-0.3, -0.25) is 4.68 Å². The van der Waals surface area contributed by atoms with Crippen molar-refractivity contribution in [2.75, 3.05) is 11.5 Å². The first-order valence-corrected chi connectivity index (χ1v) is 8.75. The van der Waals surface area contributed by atoms with Gasteiger partial charge in [0.25, 0.3) is 0 Å². The largest absolute Gasteiger partial charge is 0.308 e. The third-order valence-electron chi connectivity index (χ3n) is 3.46. The molecule has 0 N–H and O–H groups in total. The second-order valence-electron chi connectivity index (χ2n) is 5.06. The van der Waals surface area contributed by atoms with E-state index in [2.05, 4.69) is 30.4 Å². The minimum atomic E-state index is -0.0961. The van der Waals surface area contributed by atoms with Crippen molar-refractivity contribution < 1.29 is 0 Å². The number of aromatic nitrogens is 4. The summed E-state index contributed by atoms with van der Waals surface area (Å²) in [5.41, 5.74) is 3.15. The minimum absolute atomic E-state index is 0.0961. The summed E-state index contributed by atoms with van der Waals surface area (Å²) in [6.07, 6.45) is 0.891. The van der Waals surface area contributed by atoms with Gasteiger partial charge in [-0.1, -0.05) is 13.8 Å².